The zero-order valence-corrected chi connectivity index (χ0v) is 17.7. The highest BCUT2D eigenvalue weighted by Crippen LogP contribution is 2.26. The smallest absolute Gasteiger partial charge is 0.317 e. The number of fused-ring (bicyclic) bond motifs is 1. The molecule has 0 radical (unpaired) electrons. The third kappa shape index (κ3) is 4.33. The van der Waals surface area contributed by atoms with Crippen molar-refractivity contribution < 1.29 is 9.59 Å². The van der Waals surface area contributed by atoms with Crippen molar-refractivity contribution in [1.82, 2.24) is 20.1 Å². The zero-order valence-electron chi connectivity index (χ0n) is 17.7. The van der Waals surface area contributed by atoms with E-state index in [1.54, 1.807) is 0 Å². The summed E-state index contributed by atoms with van der Waals surface area (Å²) in [5.41, 5.74) is 2.82. The Morgan fingerprint density at radius 1 is 1.00 bits per heavy atom. The van der Waals surface area contributed by atoms with E-state index in [0.29, 0.717) is 24.7 Å². The number of rotatable bonds is 3. The molecule has 1 aliphatic carbocycles. The fourth-order valence-corrected chi connectivity index (χ4v) is 4.75. The van der Waals surface area contributed by atoms with Gasteiger partial charge in [0.1, 0.15) is 5.82 Å². The zero-order chi connectivity index (χ0) is 20.4. The first-order valence-corrected chi connectivity index (χ1v) is 11.1. The molecule has 0 bridgehead atoms. The van der Waals surface area contributed by atoms with Gasteiger partial charge in [-0.1, -0.05) is 12.8 Å². The third-order valence-electron chi connectivity index (χ3n) is 6.46. The quantitative estimate of drug-likeness (QED) is 0.848. The topological polar surface area (TPSA) is 68.8 Å². The average molecular weight is 400 g/mol. The molecule has 3 heterocycles. The van der Waals surface area contributed by atoms with Crippen LogP contribution in [0.1, 0.15) is 60.1 Å². The summed E-state index contributed by atoms with van der Waals surface area (Å²) in [6.45, 7) is 3.01. The molecule has 0 spiro atoms. The highest BCUT2D eigenvalue weighted by molar-refractivity contribution is 5.99. The van der Waals surface area contributed by atoms with Gasteiger partial charge in [0, 0.05) is 58.4 Å². The highest BCUT2D eigenvalue weighted by atomic mass is 16.2. The second-order valence-electron chi connectivity index (χ2n) is 8.78. The molecule has 3 aliphatic rings. The summed E-state index contributed by atoms with van der Waals surface area (Å²) in [5, 5.41) is 3.20. The summed E-state index contributed by atoms with van der Waals surface area (Å²) in [4.78, 5) is 36.5. The normalized spacial score (nSPS) is 19.8. The molecule has 1 N–H and O–H groups in total. The minimum Gasteiger partial charge on any atom is -0.362 e. The molecule has 0 aromatic carbocycles. The third-order valence-corrected chi connectivity index (χ3v) is 6.46. The van der Waals surface area contributed by atoms with Crippen LogP contribution in [0.25, 0.3) is 0 Å². The lowest BCUT2D eigenvalue weighted by molar-refractivity contribution is 0.0793. The number of pyridine rings is 1. The number of carbonyl (C=O) groups is 2. The van der Waals surface area contributed by atoms with Crippen molar-refractivity contribution >= 4 is 17.8 Å². The number of urea groups is 1. The van der Waals surface area contributed by atoms with E-state index >= 15 is 0 Å². The standard InChI is InChI=1S/C22H33N5O2/c1-25(2)20-18(21(28)26-11-5-6-12-26)15-16-9-13-27(14-10-19(16)24-20)22(29)23-17-7-3-4-8-17/h15,17H,3-14H2,1-2H3,(H,23,29). The molecule has 1 aromatic rings. The lowest BCUT2D eigenvalue weighted by Crippen LogP contribution is -2.45. The minimum atomic E-state index is 0.0471. The molecule has 3 amide bonds. The maximum absolute atomic E-state index is 13.1. The van der Waals surface area contributed by atoms with Gasteiger partial charge in [-0.15, -0.1) is 0 Å². The number of amides is 3. The van der Waals surface area contributed by atoms with Crippen LogP contribution in [0, 0.1) is 0 Å². The Labute approximate surface area is 173 Å². The molecule has 4 rings (SSSR count). The molecule has 7 nitrogen and oxygen atoms in total. The fraction of sp³-hybridized carbons (Fsp3) is 0.682. The number of nitrogens with zero attached hydrogens (tertiary/aromatic N) is 4. The predicted octanol–water partition coefficient (Wildman–Crippen LogP) is 2.44. The number of anilines is 1. The van der Waals surface area contributed by atoms with Crippen molar-refractivity contribution in [3.05, 3.63) is 22.9 Å². The second kappa shape index (κ2) is 8.59. The number of aromatic nitrogens is 1. The molecule has 2 aliphatic heterocycles. The van der Waals surface area contributed by atoms with Gasteiger partial charge in [0.25, 0.3) is 5.91 Å². The van der Waals surface area contributed by atoms with Crippen LogP contribution in [-0.2, 0) is 12.8 Å². The first kappa shape index (κ1) is 20.0. The number of hydrogen-bond acceptors (Lipinski definition) is 4. The van der Waals surface area contributed by atoms with E-state index in [1.807, 2.05) is 34.9 Å². The Kier molecular flexibility index (Phi) is 5.92. The van der Waals surface area contributed by atoms with E-state index in [4.69, 9.17) is 4.98 Å². The Bertz CT molecular complexity index is 767. The predicted molar refractivity (Wildman–Crippen MR) is 113 cm³/mol. The van der Waals surface area contributed by atoms with Crippen molar-refractivity contribution in [1.29, 1.82) is 0 Å². The van der Waals surface area contributed by atoms with Crippen LogP contribution in [0.5, 0.6) is 0 Å². The van der Waals surface area contributed by atoms with E-state index < -0.39 is 0 Å². The van der Waals surface area contributed by atoms with Crippen molar-refractivity contribution in [3.63, 3.8) is 0 Å². The van der Waals surface area contributed by atoms with Gasteiger partial charge in [-0.2, -0.15) is 0 Å². The van der Waals surface area contributed by atoms with Gasteiger partial charge >= 0.3 is 6.03 Å². The van der Waals surface area contributed by atoms with Gasteiger partial charge in [0.15, 0.2) is 0 Å². The van der Waals surface area contributed by atoms with Crippen LogP contribution < -0.4 is 10.2 Å². The van der Waals surface area contributed by atoms with Crippen LogP contribution >= 0.6 is 0 Å². The van der Waals surface area contributed by atoms with E-state index in [0.717, 1.165) is 68.7 Å². The Morgan fingerprint density at radius 3 is 2.38 bits per heavy atom. The first-order valence-electron chi connectivity index (χ1n) is 11.1. The van der Waals surface area contributed by atoms with E-state index in [1.165, 1.54) is 12.8 Å². The minimum absolute atomic E-state index is 0.0471. The summed E-state index contributed by atoms with van der Waals surface area (Å²) in [7, 11) is 3.88. The van der Waals surface area contributed by atoms with E-state index in [-0.39, 0.29) is 11.9 Å². The molecular weight excluding hydrogens is 366 g/mol. The summed E-state index contributed by atoms with van der Waals surface area (Å²) in [5.74, 6) is 0.825. The maximum Gasteiger partial charge on any atom is 0.317 e. The molecule has 2 fully saturated rings. The van der Waals surface area contributed by atoms with Gasteiger partial charge in [0.05, 0.1) is 5.56 Å². The van der Waals surface area contributed by atoms with Gasteiger partial charge < -0.3 is 20.0 Å². The molecule has 1 saturated carbocycles. The van der Waals surface area contributed by atoms with Gasteiger partial charge in [-0.25, -0.2) is 9.78 Å². The lowest BCUT2D eigenvalue weighted by Gasteiger charge is -2.23. The maximum atomic E-state index is 13.1. The van der Waals surface area contributed by atoms with Crippen LogP contribution in [-0.4, -0.2) is 73.0 Å². The average Bonchev–Trinajstić information content (AvgIpc) is 3.38. The van der Waals surface area contributed by atoms with E-state index in [2.05, 4.69) is 5.32 Å². The molecule has 0 unspecified atom stereocenters. The molecule has 29 heavy (non-hydrogen) atoms. The number of carbonyl (C=O) groups excluding carboxylic acids is 2. The van der Waals surface area contributed by atoms with Crippen LogP contribution in [0.2, 0.25) is 0 Å². The fourth-order valence-electron chi connectivity index (χ4n) is 4.75. The number of likely N-dealkylation sites (tertiary alicyclic amines) is 1. The largest absolute Gasteiger partial charge is 0.362 e. The molecule has 0 atom stereocenters. The highest BCUT2D eigenvalue weighted by Gasteiger charge is 2.28. The molecular formula is C22H33N5O2. The Morgan fingerprint density at radius 2 is 1.69 bits per heavy atom. The second-order valence-corrected chi connectivity index (χ2v) is 8.78. The van der Waals surface area contributed by atoms with Crippen molar-refractivity contribution in [3.8, 4) is 0 Å². The molecule has 7 heteroatoms. The van der Waals surface area contributed by atoms with E-state index in [9.17, 15) is 9.59 Å². The lowest BCUT2D eigenvalue weighted by atomic mass is 10.0. The summed E-state index contributed by atoms with van der Waals surface area (Å²) >= 11 is 0. The van der Waals surface area contributed by atoms with Crippen LogP contribution in [0.4, 0.5) is 10.6 Å². The number of hydrogen-bond donors (Lipinski definition) is 1. The SMILES string of the molecule is CN(C)c1nc2c(cc1C(=O)N1CCCC1)CCN(C(=O)NC1CCCC1)CC2. The van der Waals surface area contributed by atoms with Gasteiger partial charge in [-0.05, 0) is 43.7 Å². The summed E-state index contributed by atoms with van der Waals surface area (Å²) in [6, 6.07) is 2.42. The molecule has 1 saturated heterocycles. The van der Waals surface area contributed by atoms with Crippen molar-refractivity contribution in [2.24, 2.45) is 0 Å². The molecule has 1 aromatic heterocycles. The van der Waals surface area contributed by atoms with Crippen LogP contribution in [0.3, 0.4) is 0 Å². The Balaban J connectivity index is 1.52. The summed E-state index contributed by atoms with van der Waals surface area (Å²) < 4.78 is 0. The first-order chi connectivity index (χ1) is 14.0. The molecule has 158 valence electrons. The summed E-state index contributed by atoms with van der Waals surface area (Å²) in [6.07, 6.45) is 8.23. The van der Waals surface area contributed by atoms with Gasteiger partial charge in [0.2, 0.25) is 0 Å². The van der Waals surface area contributed by atoms with Crippen molar-refractivity contribution in [2.45, 2.75) is 57.4 Å². The number of nitrogens with one attached hydrogen (secondary N) is 1. The van der Waals surface area contributed by atoms with Gasteiger partial charge in [-0.3, -0.25) is 4.79 Å². The van der Waals surface area contributed by atoms with Crippen LogP contribution in [0.15, 0.2) is 6.07 Å². The monoisotopic (exact) mass is 399 g/mol. The van der Waals surface area contributed by atoms with Crippen molar-refractivity contribution in [2.75, 3.05) is 45.2 Å². The Hall–Kier alpha value is -2.31.